The average molecular weight is 756 g/mol. The van der Waals surface area contributed by atoms with Crippen LogP contribution in [0.4, 0.5) is 0 Å². The number of rotatable bonds is 20. The van der Waals surface area contributed by atoms with Gasteiger partial charge in [0.05, 0.1) is 11.3 Å². The van der Waals surface area contributed by atoms with Crippen LogP contribution in [0.2, 0.25) is 6.55 Å². The van der Waals surface area contributed by atoms with E-state index >= 15 is 0 Å². The Labute approximate surface area is 297 Å². The fraction of sp³-hybridized carbons (Fsp3) is 0.469. The van der Waals surface area contributed by atoms with Crippen LogP contribution in [0, 0.1) is 5.92 Å². The molecule has 0 aliphatic rings. The maximum Gasteiger partial charge on any atom is 0.344 e. The number of aromatic nitrogens is 2. The summed E-state index contributed by atoms with van der Waals surface area (Å²) < 4.78 is 45.5. The Morgan fingerprint density at radius 2 is 1.57 bits per heavy atom. The zero-order valence-electron chi connectivity index (χ0n) is 27.7. The zero-order chi connectivity index (χ0) is 34.7. The van der Waals surface area contributed by atoms with E-state index < -0.39 is 35.9 Å². The molecule has 2 unspecified atom stereocenters. The van der Waals surface area contributed by atoms with Crippen molar-refractivity contribution in [3.8, 4) is 0 Å². The smallest absolute Gasteiger partial charge is 0.344 e. The predicted molar refractivity (Wildman–Crippen MR) is 200 cm³/mol. The number of hydrogen-bond donors (Lipinski definition) is 2. The summed E-state index contributed by atoms with van der Waals surface area (Å²) in [6.45, 7) is 11.0. The summed E-state index contributed by atoms with van der Waals surface area (Å²) in [7, 11) is -3.32. The van der Waals surface area contributed by atoms with Gasteiger partial charge in [-0.1, -0.05) is 103 Å². The van der Waals surface area contributed by atoms with Crippen molar-refractivity contribution in [2.24, 2.45) is 5.92 Å². The molecule has 0 radical (unpaired) electrons. The zero-order valence-corrected chi connectivity index (χ0v) is 32.8. The van der Waals surface area contributed by atoms with E-state index in [0.717, 1.165) is 36.9 Å². The van der Waals surface area contributed by atoms with Crippen molar-refractivity contribution in [1.82, 2.24) is 15.5 Å². The molecule has 258 valence electrons. The lowest BCUT2D eigenvalue weighted by atomic mass is 9.89. The van der Waals surface area contributed by atoms with Gasteiger partial charge in [-0.15, -0.1) is 10.2 Å². The molecule has 15 heteroatoms. The van der Waals surface area contributed by atoms with Crippen molar-refractivity contribution >= 4 is 77.3 Å². The molecule has 0 saturated heterocycles. The summed E-state index contributed by atoms with van der Waals surface area (Å²) in [6, 6.07) is 16.8. The molecule has 1 amide bonds. The third-order valence-corrected chi connectivity index (χ3v) is 17.1. The van der Waals surface area contributed by atoms with Crippen LogP contribution < -0.4 is 5.32 Å². The number of thioether (sulfide) groups is 3. The number of nitrogens with one attached hydrogen (secondary N) is 1. The third kappa shape index (κ3) is 14.0. The van der Waals surface area contributed by atoms with Gasteiger partial charge in [0.2, 0.25) is 5.91 Å². The maximum absolute atomic E-state index is 13.4. The Bertz CT molecular complexity index is 1550. The van der Waals surface area contributed by atoms with Gasteiger partial charge in [0.1, 0.15) is 0 Å². The second kappa shape index (κ2) is 18.3. The van der Waals surface area contributed by atoms with Crippen molar-refractivity contribution < 1.29 is 26.6 Å². The molecule has 0 saturated carbocycles. The minimum absolute atomic E-state index is 0.0712. The van der Waals surface area contributed by atoms with Crippen LogP contribution in [-0.4, -0.2) is 74.3 Å². The van der Waals surface area contributed by atoms with Crippen molar-refractivity contribution in [1.29, 1.82) is 0 Å². The first kappa shape index (κ1) is 39.7. The predicted octanol–water partition coefficient (Wildman–Crippen LogP) is 7.30. The number of carbonyl (C=O) groups is 1. The van der Waals surface area contributed by atoms with E-state index in [1.165, 1.54) is 5.56 Å². The van der Waals surface area contributed by atoms with Crippen LogP contribution in [0.1, 0.15) is 55.4 Å². The van der Waals surface area contributed by atoms with Gasteiger partial charge in [-0.2, -0.15) is 20.2 Å². The molecular weight excluding hydrogens is 711 g/mol. The molecular formula is C32H45N3O6S5Si. The highest BCUT2D eigenvalue weighted by molar-refractivity contribution is 8.02. The molecule has 3 aromatic rings. The minimum atomic E-state index is -4.26. The van der Waals surface area contributed by atoms with Gasteiger partial charge in [-0.05, 0) is 55.0 Å². The van der Waals surface area contributed by atoms with E-state index in [4.69, 9.17) is 8.85 Å². The molecule has 2 aromatic carbocycles. The van der Waals surface area contributed by atoms with Crippen LogP contribution in [0.25, 0.3) is 6.08 Å². The molecule has 2 atom stereocenters. The fourth-order valence-corrected chi connectivity index (χ4v) is 12.2. The quantitative estimate of drug-likeness (QED) is 0.0686. The van der Waals surface area contributed by atoms with E-state index in [9.17, 15) is 17.8 Å². The lowest BCUT2D eigenvalue weighted by Crippen LogP contribution is -2.51. The first-order valence-electron chi connectivity index (χ1n) is 15.0. The average Bonchev–Trinajstić information content (AvgIpc) is 3.49. The van der Waals surface area contributed by atoms with Crippen molar-refractivity contribution in [3.63, 3.8) is 0 Å². The van der Waals surface area contributed by atoms with E-state index in [1.54, 1.807) is 74.7 Å². The van der Waals surface area contributed by atoms with E-state index in [2.05, 4.69) is 77.5 Å². The highest BCUT2D eigenvalue weighted by Gasteiger charge is 2.33. The number of nitrogens with zero attached hydrogens (tertiary/aromatic N) is 2. The molecule has 1 aromatic heterocycles. The summed E-state index contributed by atoms with van der Waals surface area (Å²) in [5.74, 6) is 0.984. The standard InChI is InChI=1S/C32H45N3O6S5Si/c1-8-24-9-11-25(12-10-24)18-43-30-34-35-31(45-30)44-19-26-13-15-27(16-14-26)23(2)17-28(20-42-22-47(7,40-5)41-6)29(36)33-32(3,4)21-46(37,38)39/h8-16,23,28H,1,17-22H2,2-7H3,(H,33,36)(H,37,38,39). The van der Waals surface area contributed by atoms with Gasteiger partial charge in [-0.25, -0.2) is 0 Å². The van der Waals surface area contributed by atoms with Gasteiger partial charge < -0.3 is 14.2 Å². The lowest BCUT2D eigenvalue weighted by molar-refractivity contribution is -0.126. The van der Waals surface area contributed by atoms with Gasteiger partial charge >= 0.3 is 8.56 Å². The molecule has 1 heterocycles. The Balaban J connectivity index is 1.58. The monoisotopic (exact) mass is 755 g/mol. The van der Waals surface area contributed by atoms with E-state index in [1.807, 2.05) is 12.6 Å². The molecule has 47 heavy (non-hydrogen) atoms. The molecule has 0 fully saturated rings. The van der Waals surface area contributed by atoms with Crippen LogP contribution in [-0.2, 0) is 35.3 Å². The molecule has 2 N–H and O–H groups in total. The second-order valence-electron chi connectivity index (χ2n) is 12.1. The maximum atomic E-state index is 13.4. The molecule has 0 bridgehead atoms. The van der Waals surface area contributed by atoms with Crippen molar-refractivity contribution in [2.75, 3.05) is 31.1 Å². The van der Waals surface area contributed by atoms with E-state index in [-0.39, 0.29) is 11.8 Å². The normalized spacial score (nSPS) is 13.7. The van der Waals surface area contributed by atoms with Crippen LogP contribution in [0.5, 0.6) is 0 Å². The van der Waals surface area contributed by atoms with Crippen LogP contribution in [0.15, 0.2) is 63.8 Å². The highest BCUT2D eigenvalue weighted by Crippen LogP contribution is 2.33. The largest absolute Gasteiger partial charge is 0.397 e. The second-order valence-corrected chi connectivity index (χ2v) is 21.9. The number of carbonyl (C=O) groups excluding carboxylic acids is 1. The topological polar surface area (TPSA) is 128 Å². The SMILES string of the molecule is C=Cc1ccc(CSc2nnc(SCc3ccc(C(C)CC(CSC[Si](C)(OC)OC)C(=O)NC(C)(C)CS(=O)(=O)O)cc3)s2)cc1. The number of amides is 1. The lowest BCUT2D eigenvalue weighted by Gasteiger charge is -2.29. The van der Waals surface area contributed by atoms with Crippen molar-refractivity contribution in [2.45, 2.75) is 65.4 Å². The first-order chi connectivity index (χ1) is 22.1. The summed E-state index contributed by atoms with van der Waals surface area (Å²) in [5, 5.41) is 12.2. The molecule has 0 spiro atoms. The minimum Gasteiger partial charge on any atom is -0.397 e. The van der Waals surface area contributed by atoms with Gasteiger partial charge in [-0.3, -0.25) is 9.35 Å². The Morgan fingerprint density at radius 1 is 1.04 bits per heavy atom. The number of hydrogen-bond acceptors (Lipinski definition) is 11. The van der Waals surface area contributed by atoms with Gasteiger partial charge in [0, 0.05) is 42.8 Å². The van der Waals surface area contributed by atoms with Gasteiger partial charge in [0.15, 0.2) is 8.68 Å². The summed E-state index contributed by atoms with van der Waals surface area (Å²) >= 11 is 6.54. The molecule has 3 rings (SSSR count). The Morgan fingerprint density at radius 3 is 2.06 bits per heavy atom. The summed E-state index contributed by atoms with van der Waals surface area (Å²) in [5.41, 5.74) is 3.49. The summed E-state index contributed by atoms with van der Waals surface area (Å²) in [4.78, 5) is 13.4. The van der Waals surface area contributed by atoms with Gasteiger partial charge in [0.25, 0.3) is 10.1 Å². The van der Waals surface area contributed by atoms with E-state index in [0.29, 0.717) is 17.5 Å². The number of benzene rings is 2. The molecule has 9 nitrogen and oxygen atoms in total. The molecule has 0 aliphatic heterocycles. The summed E-state index contributed by atoms with van der Waals surface area (Å²) in [6.07, 6.45) is 2.40. The van der Waals surface area contributed by atoms with Crippen LogP contribution in [0.3, 0.4) is 0 Å². The highest BCUT2D eigenvalue weighted by atomic mass is 32.2. The molecule has 0 aliphatic carbocycles. The Kier molecular flexibility index (Phi) is 15.5. The Hall–Kier alpha value is -1.69. The first-order valence-corrected chi connectivity index (χ1v) is 23.1. The third-order valence-electron chi connectivity index (χ3n) is 7.44. The van der Waals surface area contributed by atoms with Crippen LogP contribution >= 0.6 is 46.6 Å². The fourth-order valence-electron chi connectivity index (χ4n) is 4.63. The van der Waals surface area contributed by atoms with Crippen molar-refractivity contribution in [3.05, 3.63) is 77.4 Å².